The maximum Gasteiger partial charge on any atom is 0.0540 e. The molecule has 0 aliphatic carbocycles. The van der Waals surface area contributed by atoms with Crippen LogP contribution in [0, 0.1) is 0 Å². The molecule has 0 aromatic heterocycles. The summed E-state index contributed by atoms with van der Waals surface area (Å²) in [6.45, 7) is 0. The molecule has 0 radical (unpaired) electrons. The lowest BCUT2D eigenvalue weighted by Gasteiger charge is -2.28. The highest BCUT2D eigenvalue weighted by Gasteiger charge is 2.19. The van der Waals surface area contributed by atoms with Gasteiger partial charge in [-0.1, -0.05) is 206 Å². The first kappa shape index (κ1) is 37.7. The van der Waals surface area contributed by atoms with E-state index in [1.54, 1.807) is 0 Å². The zero-order valence-corrected chi connectivity index (χ0v) is 34.8. The van der Waals surface area contributed by atoms with E-state index < -0.39 is 0 Å². The largest absolute Gasteiger partial charge is 0.310 e. The van der Waals surface area contributed by atoms with Gasteiger partial charge in [0.15, 0.2) is 0 Å². The van der Waals surface area contributed by atoms with Gasteiger partial charge in [-0.3, -0.25) is 0 Å². The Kier molecular flexibility index (Phi) is 9.97. The molecule has 0 N–H and O–H groups in total. The van der Waals surface area contributed by atoms with Crippen LogP contribution in [-0.4, -0.2) is 0 Å². The van der Waals surface area contributed by atoms with Crippen molar-refractivity contribution in [2.24, 2.45) is 0 Å². The lowest BCUT2D eigenvalue weighted by atomic mass is 9.91. The summed E-state index contributed by atoms with van der Waals surface area (Å²) >= 11 is 0. The van der Waals surface area contributed by atoms with Crippen molar-refractivity contribution >= 4 is 38.6 Å². The van der Waals surface area contributed by atoms with Crippen LogP contribution in [0.15, 0.2) is 261 Å². The highest BCUT2D eigenvalue weighted by Crippen LogP contribution is 2.44. The molecule has 11 aromatic carbocycles. The molecule has 0 atom stereocenters. The lowest BCUT2D eigenvalue weighted by Crippen LogP contribution is -2.11. The van der Waals surface area contributed by atoms with Crippen LogP contribution in [-0.2, 0) is 0 Å². The van der Waals surface area contributed by atoms with Crippen molar-refractivity contribution in [1.82, 2.24) is 0 Å². The molecule has 11 aromatic rings. The van der Waals surface area contributed by atoms with Crippen molar-refractivity contribution in [3.8, 4) is 66.8 Å². The molecule has 0 saturated heterocycles. The zero-order valence-electron chi connectivity index (χ0n) is 34.8. The van der Waals surface area contributed by atoms with Crippen molar-refractivity contribution < 1.29 is 0 Å². The average molecular weight is 802 g/mol. The monoisotopic (exact) mass is 801 g/mol. The van der Waals surface area contributed by atoms with Gasteiger partial charge in [-0.15, -0.1) is 0 Å². The van der Waals surface area contributed by atoms with E-state index in [1.807, 2.05) is 0 Å². The van der Waals surface area contributed by atoms with Gasteiger partial charge < -0.3 is 4.90 Å². The van der Waals surface area contributed by atoms with Gasteiger partial charge in [0.05, 0.1) is 5.69 Å². The number of hydrogen-bond acceptors (Lipinski definition) is 1. The van der Waals surface area contributed by atoms with E-state index in [2.05, 4.69) is 266 Å². The van der Waals surface area contributed by atoms with E-state index in [-0.39, 0.29) is 0 Å². The Balaban J connectivity index is 1.03. The van der Waals surface area contributed by atoms with Gasteiger partial charge in [0, 0.05) is 16.9 Å². The van der Waals surface area contributed by atoms with Crippen LogP contribution >= 0.6 is 0 Å². The summed E-state index contributed by atoms with van der Waals surface area (Å²) in [7, 11) is 0. The van der Waals surface area contributed by atoms with Crippen LogP contribution in [0.5, 0.6) is 0 Å². The normalized spacial score (nSPS) is 11.2. The van der Waals surface area contributed by atoms with E-state index >= 15 is 0 Å². The number of benzene rings is 11. The summed E-state index contributed by atoms with van der Waals surface area (Å²) in [6, 6.07) is 94.7. The molecule has 0 aliphatic heterocycles. The fraction of sp³-hybridized carbons (Fsp3) is 0. The third-order valence-corrected chi connectivity index (χ3v) is 12.3. The van der Waals surface area contributed by atoms with E-state index in [0.29, 0.717) is 0 Å². The maximum absolute atomic E-state index is 2.41. The van der Waals surface area contributed by atoms with E-state index in [0.717, 1.165) is 28.2 Å². The predicted molar refractivity (Wildman–Crippen MR) is 269 cm³/mol. The van der Waals surface area contributed by atoms with Crippen LogP contribution in [0.2, 0.25) is 0 Å². The minimum Gasteiger partial charge on any atom is -0.310 e. The molecular weight excluding hydrogens is 759 g/mol. The second kappa shape index (κ2) is 16.7. The van der Waals surface area contributed by atoms with Gasteiger partial charge in [0.2, 0.25) is 0 Å². The van der Waals surface area contributed by atoms with Gasteiger partial charge in [0.1, 0.15) is 0 Å². The molecule has 0 fully saturated rings. The molecule has 1 nitrogen and oxygen atoms in total. The molecule has 1 heteroatoms. The van der Waals surface area contributed by atoms with Crippen LogP contribution in [0.3, 0.4) is 0 Å². The Morgan fingerprint density at radius 2 is 0.603 bits per heavy atom. The van der Waals surface area contributed by atoms with Crippen LogP contribution in [0.1, 0.15) is 0 Å². The summed E-state index contributed by atoms with van der Waals surface area (Å²) in [5, 5.41) is 4.98. The van der Waals surface area contributed by atoms with Gasteiger partial charge in [-0.2, -0.15) is 0 Å². The third-order valence-electron chi connectivity index (χ3n) is 12.3. The highest BCUT2D eigenvalue weighted by atomic mass is 15.1. The second-order valence-electron chi connectivity index (χ2n) is 16.1. The van der Waals surface area contributed by atoms with Gasteiger partial charge in [-0.05, 0) is 137 Å². The number of anilines is 3. The Morgan fingerprint density at radius 3 is 1.25 bits per heavy atom. The molecule has 0 saturated carbocycles. The van der Waals surface area contributed by atoms with Crippen molar-refractivity contribution in [2.45, 2.75) is 0 Å². The number of rotatable bonds is 9. The van der Waals surface area contributed by atoms with Crippen molar-refractivity contribution in [2.75, 3.05) is 4.90 Å². The minimum atomic E-state index is 1.08. The summed E-state index contributed by atoms with van der Waals surface area (Å²) in [4.78, 5) is 2.41. The molecule has 0 bridgehead atoms. The first-order chi connectivity index (χ1) is 31.2. The number of fused-ring (bicyclic) bond motifs is 2. The molecule has 0 unspecified atom stereocenters. The molecule has 0 spiro atoms. The van der Waals surface area contributed by atoms with Crippen molar-refractivity contribution in [3.05, 3.63) is 261 Å². The Labute approximate surface area is 369 Å². The molecule has 11 rings (SSSR count). The second-order valence-corrected chi connectivity index (χ2v) is 16.1. The van der Waals surface area contributed by atoms with Crippen molar-refractivity contribution in [1.29, 1.82) is 0 Å². The number of hydrogen-bond donors (Lipinski definition) is 0. The molecule has 296 valence electrons. The fourth-order valence-corrected chi connectivity index (χ4v) is 9.00. The molecule has 0 amide bonds. The Morgan fingerprint density at radius 1 is 0.190 bits per heavy atom. The van der Waals surface area contributed by atoms with Gasteiger partial charge in [-0.25, -0.2) is 0 Å². The number of nitrogens with zero attached hydrogens (tertiary/aromatic N) is 1. The quantitative estimate of drug-likeness (QED) is 0.141. The molecule has 0 heterocycles. The first-order valence-electron chi connectivity index (χ1n) is 21.7. The van der Waals surface area contributed by atoms with Gasteiger partial charge >= 0.3 is 0 Å². The fourth-order valence-electron chi connectivity index (χ4n) is 9.00. The Hall–Kier alpha value is -8.26. The summed E-state index contributed by atoms with van der Waals surface area (Å²) in [5.74, 6) is 0. The smallest absolute Gasteiger partial charge is 0.0540 e. The standard InChI is InChI=1S/C62H43N/c1-3-14-44(15-4-1)55-34-39-59(48-18-5-2-6-19-48)61(43-55)49-32-37-58(38-33-49)63(57-35-30-47(31-36-57)53-28-26-45-16-7-9-20-50(45)40-53)62-25-12-11-24-60(62)56-23-13-22-52(42-56)54-29-27-46-17-8-10-21-51(46)41-54/h1-43H. The van der Waals surface area contributed by atoms with E-state index in [9.17, 15) is 0 Å². The molecule has 0 aliphatic rings. The van der Waals surface area contributed by atoms with Crippen LogP contribution < -0.4 is 4.90 Å². The minimum absolute atomic E-state index is 1.08. The maximum atomic E-state index is 2.41. The summed E-state index contributed by atoms with van der Waals surface area (Å²) < 4.78 is 0. The van der Waals surface area contributed by atoms with Crippen LogP contribution in [0.25, 0.3) is 88.3 Å². The first-order valence-corrected chi connectivity index (χ1v) is 21.7. The van der Waals surface area contributed by atoms with E-state index in [1.165, 1.54) is 77.2 Å². The SMILES string of the molecule is c1ccc(-c2ccc(-c3ccccc3)c(-c3ccc(N(c4ccc(-c5ccc6ccccc6c5)cc4)c4ccccc4-c4cccc(-c5ccc6ccccc6c5)c4)cc3)c2)cc1. The summed E-state index contributed by atoms with van der Waals surface area (Å²) in [5.41, 5.74) is 17.5. The number of para-hydroxylation sites is 1. The van der Waals surface area contributed by atoms with E-state index in [4.69, 9.17) is 0 Å². The third kappa shape index (κ3) is 7.58. The highest BCUT2D eigenvalue weighted by molar-refractivity contribution is 5.94. The Bertz CT molecular complexity index is 3370. The zero-order chi connectivity index (χ0) is 42.0. The topological polar surface area (TPSA) is 3.24 Å². The molecular formula is C62H43N. The van der Waals surface area contributed by atoms with Crippen molar-refractivity contribution in [3.63, 3.8) is 0 Å². The average Bonchev–Trinajstić information content (AvgIpc) is 3.37. The van der Waals surface area contributed by atoms with Gasteiger partial charge in [0.25, 0.3) is 0 Å². The lowest BCUT2D eigenvalue weighted by molar-refractivity contribution is 1.28. The van der Waals surface area contributed by atoms with Crippen LogP contribution in [0.4, 0.5) is 17.1 Å². The summed E-state index contributed by atoms with van der Waals surface area (Å²) in [6.07, 6.45) is 0. The molecule has 63 heavy (non-hydrogen) atoms. The predicted octanol–water partition coefficient (Wildman–Crippen LogP) is 17.5.